The largest absolute Gasteiger partial charge is 0.370 e. The van der Waals surface area contributed by atoms with Gasteiger partial charge in [0.1, 0.15) is 17.5 Å². The molecule has 6 nitrogen and oxygen atoms in total. The molecular formula is C13H22N4O2S. The Morgan fingerprint density at radius 1 is 1.30 bits per heavy atom. The first-order valence-electron chi connectivity index (χ1n) is 6.96. The lowest BCUT2D eigenvalue weighted by molar-refractivity contribution is 0.571. The molecular weight excluding hydrogens is 276 g/mol. The number of aromatic nitrogens is 2. The fourth-order valence-electron chi connectivity index (χ4n) is 2.41. The molecule has 1 saturated heterocycles. The topological polar surface area (TPSA) is 84.0 Å². The van der Waals surface area contributed by atoms with Gasteiger partial charge in [0.15, 0.2) is 9.84 Å². The van der Waals surface area contributed by atoms with Crippen molar-refractivity contribution < 1.29 is 8.42 Å². The zero-order valence-electron chi connectivity index (χ0n) is 12.2. The van der Waals surface area contributed by atoms with Crippen LogP contribution in [0.2, 0.25) is 0 Å². The van der Waals surface area contributed by atoms with E-state index < -0.39 is 15.4 Å². The summed E-state index contributed by atoms with van der Waals surface area (Å²) in [6.45, 7) is 6.71. The Labute approximate surface area is 120 Å². The minimum Gasteiger partial charge on any atom is -0.370 e. The highest BCUT2D eigenvalue weighted by Crippen LogP contribution is 2.27. The number of rotatable bonds is 5. The summed E-state index contributed by atoms with van der Waals surface area (Å²) < 4.78 is 23.3. The fraction of sp³-hybridized carbons (Fsp3) is 0.692. The summed E-state index contributed by atoms with van der Waals surface area (Å²) in [6.07, 6.45) is 1.35. The van der Waals surface area contributed by atoms with Crippen molar-refractivity contribution >= 4 is 21.5 Å². The van der Waals surface area contributed by atoms with E-state index in [1.807, 2.05) is 26.8 Å². The molecule has 7 heteroatoms. The summed E-state index contributed by atoms with van der Waals surface area (Å²) >= 11 is 0. The summed E-state index contributed by atoms with van der Waals surface area (Å²) in [6, 6.07) is 1.83. The van der Waals surface area contributed by atoms with Gasteiger partial charge in [0, 0.05) is 19.0 Å². The standard InChI is InChI=1S/C13H22N4O2S/c1-4-10-15-11(14-5-2)8-12(16-10)17-13(3)6-7-20(18,19)9-13/h8H,4-7,9H2,1-3H3,(H2,14,15,16,17). The van der Waals surface area contributed by atoms with Crippen LogP contribution in [0.5, 0.6) is 0 Å². The van der Waals surface area contributed by atoms with Gasteiger partial charge in [0.25, 0.3) is 0 Å². The number of sulfone groups is 1. The Bertz CT molecular complexity index is 588. The van der Waals surface area contributed by atoms with Crippen molar-refractivity contribution in [1.82, 2.24) is 9.97 Å². The van der Waals surface area contributed by atoms with Gasteiger partial charge < -0.3 is 10.6 Å². The third-order valence-corrected chi connectivity index (χ3v) is 5.28. The van der Waals surface area contributed by atoms with Crippen LogP contribution in [0.1, 0.15) is 33.0 Å². The molecule has 112 valence electrons. The van der Waals surface area contributed by atoms with E-state index in [0.717, 1.165) is 24.6 Å². The first kappa shape index (κ1) is 15.0. The van der Waals surface area contributed by atoms with Crippen molar-refractivity contribution in [1.29, 1.82) is 0 Å². The molecule has 0 saturated carbocycles. The van der Waals surface area contributed by atoms with E-state index in [1.54, 1.807) is 0 Å². The predicted octanol–water partition coefficient (Wildman–Crippen LogP) is 1.46. The van der Waals surface area contributed by atoms with Crippen molar-refractivity contribution in [3.05, 3.63) is 11.9 Å². The van der Waals surface area contributed by atoms with E-state index in [2.05, 4.69) is 20.6 Å². The minimum absolute atomic E-state index is 0.155. The third kappa shape index (κ3) is 3.59. The number of hydrogen-bond acceptors (Lipinski definition) is 6. The van der Waals surface area contributed by atoms with Gasteiger partial charge in [-0.2, -0.15) is 0 Å². The van der Waals surface area contributed by atoms with Gasteiger partial charge in [-0.15, -0.1) is 0 Å². The van der Waals surface area contributed by atoms with E-state index in [1.165, 1.54) is 0 Å². The van der Waals surface area contributed by atoms with Crippen LogP contribution in [0.4, 0.5) is 11.6 Å². The molecule has 1 fully saturated rings. The van der Waals surface area contributed by atoms with Crippen LogP contribution in [-0.4, -0.2) is 42.0 Å². The first-order chi connectivity index (χ1) is 9.36. The summed E-state index contributed by atoms with van der Waals surface area (Å²) in [5, 5.41) is 6.44. The highest BCUT2D eigenvalue weighted by molar-refractivity contribution is 7.91. The number of hydrogen-bond donors (Lipinski definition) is 2. The number of anilines is 2. The smallest absolute Gasteiger partial charge is 0.152 e. The molecule has 1 aromatic heterocycles. The minimum atomic E-state index is -2.93. The molecule has 2 rings (SSSR count). The zero-order chi connectivity index (χ0) is 14.8. The maximum Gasteiger partial charge on any atom is 0.152 e. The molecule has 2 heterocycles. The molecule has 20 heavy (non-hydrogen) atoms. The SMILES string of the molecule is CCNc1cc(NC2(C)CCS(=O)(=O)C2)nc(CC)n1. The van der Waals surface area contributed by atoms with Crippen molar-refractivity contribution in [2.75, 3.05) is 28.7 Å². The lowest BCUT2D eigenvalue weighted by atomic mass is 10.0. The summed E-state index contributed by atoms with van der Waals surface area (Å²) in [5.41, 5.74) is -0.443. The highest BCUT2D eigenvalue weighted by Gasteiger charge is 2.38. The monoisotopic (exact) mass is 298 g/mol. The van der Waals surface area contributed by atoms with Crippen molar-refractivity contribution in [2.45, 2.75) is 39.2 Å². The lowest BCUT2D eigenvalue weighted by Gasteiger charge is -2.25. The van der Waals surface area contributed by atoms with Crippen molar-refractivity contribution in [3.63, 3.8) is 0 Å². The van der Waals surface area contributed by atoms with E-state index in [9.17, 15) is 8.42 Å². The van der Waals surface area contributed by atoms with E-state index >= 15 is 0 Å². The Hall–Kier alpha value is -1.37. The Kier molecular flexibility index (Phi) is 4.17. The average molecular weight is 298 g/mol. The van der Waals surface area contributed by atoms with Gasteiger partial charge in [-0.1, -0.05) is 6.92 Å². The number of aryl methyl sites for hydroxylation is 1. The highest BCUT2D eigenvalue weighted by atomic mass is 32.2. The molecule has 1 aliphatic heterocycles. The van der Waals surface area contributed by atoms with Gasteiger partial charge >= 0.3 is 0 Å². The Balaban J connectivity index is 2.22. The predicted molar refractivity (Wildman–Crippen MR) is 80.9 cm³/mol. The molecule has 0 aliphatic carbocycles. The summed E-state index contributed by atoms with van der Waals surface area (Å²) in [7, 11) is -2.93. The molecule has 0 aromatic carbocycles. The van der Waals surface area contributed by atoms with Crippen LogP contribution < -0.4 is 10.6 Å². The van der Waals surface area contributed by atoms with E-state index in [4.69, 9.17) is 0 Å². The number of nitrogens with zero attached hydrogens (tertiary/aromatic N) is 2. The second-order valence-electron chi connectivity index (χ2n) is 5.47. The lowest BCUT2D eigenvalue weighted by Crippen LogP contribution is -2.36. The first-order valence-corrected chi connectivity index (χ1v) is 8.78. The van der Waals surface area contributed by atoms with Crippen LogP contribution in [0.15, 0.2) is 6.07 Å². The Morgan fingerprint density at radius 3 is 2.55 bits per heavy atom. The molecule has 1 aliphatic rings. The van der Waals surface area contributed by atoms with Gasteiger partial charge in [0.2, 0.25) is 0 Å². The van der Waals surface area contributed by atoms with Crippen LogP contribution in [-0.2, 0) is 16.3 Å². The molecule has 1 aromatic rings. The summed E-state index contributed by atoms with van der Waals surface area (Å²) in [5.74, 6) is 2.60. The van der Waals surface area contributed by atoms with Gasteiger partial charge in [-0.25, -0.2) is 18.4 Å². The van der Waals surface area contributed by atoms with Crippen LogP contribution >= 0.6 is 0 Å². The Morgan fingerprint density at radius 2 is 2.00 bits per heavy atom. The molecule has 1 atom stereocenters. The third-order valence-electron chi connectivity index (χ3n) is 3.38. The summed E-state index contributed by atoms with van der Waals surface area (Å²) in [4.78, 5) is 8.82. The van der Waals surface area contributed by atoms with E-state index in [0.29, 0.717) is 12.2 Å². The molecule has 0 radical (unpaired) electrons. The van der Waals surface area contributed by atoms with Crippen LogP contribution in [0.25, 0.3) is 0 Å². The van der Waals surface area contributed by atoms with Crippen molar-refractivity contribution in [3.8, 4) is 0 Å². The van der Waals surface area contributed by atoms with Gasteiger partial charge in [-0.3, -0.25) is 0 Å². The van der Waals surface area contributed by atoms with Gasteiger partial charge in [0.05, 0.1) is 17.0 Å². The van der Waals surface area contributed by atoms with Crippen LogP contribution in [0, 0.1) is 0 Å². The molecule has 2 N–H and O–H groups in total. The molecule has 0 spiro atoms. The fourth-order valence-corrected chi connectivity index (χ4v) is 4.50. The van der Waals surface area contributed by atoms with E-state index in [-0.39, 0.29) is 11.5 Å². The van der Waals surface area contributed by atoms with Gasteiger partial charge in [-0.05, 0) is 20.3 Å². The molecule has 1 unspecified atom stereocenters. The second kappa shape index (κ2) is 5.55. The van der Waals surface area contributed by atoms with Crippen LogP contribution in [0.3, 0.4) is 0 Å². The average Bonchev–Trinajstić information content (AvgIpc) is 2.63. The second-order valence-corrected chi connectivity index (χ2v) is 7.65. The zero-order valence-corrected chi connectivity index (χ0v) is 13.0. The number of nitrogens with one attached hydrogen (secondary N) is 2. The molecule has 0 bridgehead atoms. The maximum absolute atomic E-state index is 11.6. The van der Waals surface area contributed by atoms with Crippen molar-refractivity contribution in [2.24, 2.45) is 0 Å². The quantitative estimate of drug-likeness (QED) is 0.856. The maximum atomic E-state index is 11.6. The normalized spacial score (nSPS) is 24.6. The molecule has 0 amide bonds.